The average Bonchev–Trinajstić information content (AvgIpc) is 3.38. The molecule has 0 aliphatic carbocycles. The van der Waals surface area contributed by atoms with Gasteiger partial charge < -0.3 is 10.2 Å². The van der Waals surface area contributed by atoms with E-state index in [4.69, 9.17) is 4.98 Å². The maximum Gasteiger partial charge on any atom is 0.403 e. The third-order valence-electron chi connectivity index (χ3n) is 5.86. The van der Waals surface area contributed by atoms with Gasteiger partial charge in [-0.15, -0.1) is 0 Å². The second kappa shape index (κ2) is 8.47. The Morgan fingerprint density at radius 2 is 2.03 bits per heavy atom. The number of rotatable bonds is 4. The zero-order valence-corrected chi connectivity index (χ0v) is 18.0. The van der Waals surface area contributed by atoms with Gasteiger partial charge in [0.2, 0.25) is 0 Å². The highest BCUT2D eigenvalue weighted by Crippen LogP contribution is 2.30. The molecule has 1 saturated heterocycles. The lowest BCUT2D eigenvalue weighted by Crippen LogP contribution is -2.42. The minimum atomic E-state index is -4.25. The van der Waals surface area contributed by atoms with E-state index in [9.17, 15) is 13.2 Å². The molecule has 0 bridgehead atoms. The summed E-state index contributed by atoms with van der Waals surface area (Å²) in [7, 11) is 0. The number of pyridine rings is 2. The fraction of sp³-hybridized carbons (Fsp3) is 0.364. The molecule has 33 heavy (non-hydrogen) atoms. The van der Waals surface area contributed by atoms with Crippen molar-refractivity contribution in [3.63, 3.8) is 0 Å². The third kappa shape index (κ3) is 4.28. The van der Waals surface area contributed by atoms with Crippen molar-refractivity contribution in [3.8, 4) is 22.6 Å². The van der Waals surface area contributed by atoms with Crippen molar-refractivity contribution < 1.29 is 13.2 Å². The fourth-order valence-electron chi connectivity index (χ4n) is 4.05. The summed E-state index contributed by atoms with van der Waals surface area (Å²) in [5, 5.41) is 15.2. The summed E-state index contributed by atoms with van der Waals surface area (Å²) in [6.07, 6.45) is 1.16. The Balaban J connectivity index is 1.45. The van der Waals surface area contributed by atoms with Crippen LogP contribution < -0.4 is 10.2 Å². The van der Waals surface area contributed by atoms with E-state index in [1.165, 1.54) is 0 Å². The van der Waals surface area contributed by atoms with Crippen molar-refractivity contribution in [2.24, 2.45) is 0 Å². The highest BCUT2D eigenvalue weighted by Gasteiger charge is 2.40. The SMILES string of the molecule is CCn1cc(-c2cc3c(-c4cccc(N5CCNC(C(F)(F)F)CC5)n4)n[nH]c3cn2)cn1. The van der Waals surface area contributed by atoms with Crippen LogP contribution in [0.4, 0.5) is 19.0 Å². The smallest absolute Gasteiger partial charge is 0.355 e. The van der Waals surface area contributed by atoms with Crippen molar-refractivity contribution >= 4 is 16.7 Å². The van der Waals surface area contributed by atoms with Crippen LogP contribution in [0, 0.1) is 0 Å². The number of aromatic amines is 1. The zero-order chi connectivity index (χ0) is 23.0. The van der Waals surface area contributed by atoms with Crippen molar-refractivity contribution in [2.75, 3.05) is 24.5 Å². The van der Waals surface area contributed by atoms with E-state index in [0.717, 1.165) is 28.7 Å². The molecule has 5 heterocycles. The molecule has 1 atom stereocenters. The van der Waals surface area contributed by atoms with E-state index in [1.54, 1.807) is 12.4 Å². The second-order valence-corrected chi connectivity index (χ2v) is 7.98. The maximum atomic E-state index is 13.1. The number of halogens is 3. The van der Waals surface area contributed by atoms with E-state index in [0.29, 0.717) is 23.8 Å². The first-order chi connectivity index (χ1) is 15.9. The number of aromatic nitrogens is 6. The second-order valence-electron chi connectivity index (χ2n) is 7.98. The minimum absolute atomic E-state index is 0.0266. The number of anilines is 1. The molecule has 1 aliphatic rings. The van der Waals surface area contributed by atoms with Gasteiger partial charge in [0.1, 0.15) is 17.6 Å². The highest BCUT2D eigenvalue weighted by atomic mass is 19.4. The number of nitrogens with zero attached hydrogens (tertiary/aromatic N) is 6. The first-order valence-electron chi connectivity index (χ1n) is 10.8. The Labute approximate surface area is 187 Å². The van der Waals surface area contributed by atoms with Crippen LogP contribution >= 0.6 is 0 Å². The Hall–Kier alpha value is -3.47. The normalized spacial score (nSPS) is 17.5. The molecule has 1 unspecified atom stereocenters. The van der Waals surface area contributed by atoms with E-state index in [2.05, 4.69) is 25.6 Å². The molecule has 5 rings (SSSR count). The standard InChI is InChI=1S/C22H23F3N8/c1-2-33-13-14(11-28-33)17-10-15-18(12-27-17)30-31-21(15)16-4-3-5-20(29-16)32-8-6-19(22(23,24)25)26-7-9-32/h3-5,10-13,19,26H,2,6-9H2,1H3,(H,30,31). The number of fused-ring (bicyclic) bond motifs is 1. The summed E-state index contributed by atoms with van der Waals surface area (Å²) in [5.41, 5.74) is 3.77. The summed E-state index contributed by atoms with van der Waals surface area (Å²) in [5.74, 6) is 0.631. The summed E-state index contributed by atoms with van der Waals surface area (Å²) < 4.78 is 41.2. The van der Waals surface area contributed by atoms with Gasteiger partial charge in [-0.2, -0.15) is 23.4 Å². The quantitative estimate of drug-likeness (QED) is 0.488. The van der Waals surface area contributed by atoms with Crippen molar-refractivity contribution in [1.82, 2.24) is 35.3 Å². The molecule has 11 heteroatoms. The zero-order valence-electron chi connectivity index (χ0n) is 18.0. The molecule has 0 radical (unpaired) electrons. The van der Waals surface area contributed by atoms with E-state index >= 15 is 0 Å². The molecule has 0 saturated carbocycles. The first-order valence-corrected chi connectivity index (χ1v) is 10.8. The highest BCUT2D eigenvalue weighted by molar-refractivity contribution is 5.93. The molecule has 1 aliphatic heterocycles. The van der Waals surface area contributed by atoms with Gasteiger partial charge in [0, 0.05) is 43.3 Å². The van der Waals surface area contributed by atoms with Gasteiger partial charge in [-0.05, 0) is 31.5 Å². The monoisotopic (exact) mass is 456 g/mol. The largest absolute Gasteiger partial charge is 0.403 e. The molecule has 4 aromatic rings. The summed E-state index contributed by atoms with van der Waals surface area (Å²) in [6, 6.07) is 5.97. The Morgan fingerprint density at radius 1 is 1.15 bits per heavy atom. The molecular weight excluding hydrogens is 433 g/mol. The fourth-order valence-corrected chi connectivity index (χ4v) is 4.05. The Morgan fingerprint density at radius 3 is 2.82 bits per heavy atom. The van der Waals surface area contributed by atoms with E-state index in [-0.39, 0.29) is 19.5 Å². The van der Waals surface area contributed by atoms with Crippen LogP contribution in [0.1, 0.15) is 13.3 Å². The van der Waals surface area contributed by atoms with Crippen LogP contribution in [0.3, 0.4) is 0 Å². The van der Waals surface area contributed by atoms with Gasteiger partial charge in [0.05, 0.1) is 29.3 Å². The summed E-state index contributed by atoms with van der Waals surface area (Å²) in [4.78, 5) is 11.1. The van der Waals surface area contributed by atoms with Gasteiger partial charge in [-0.25, -0.2) is 4.98 Å². The molecular formula is C22H23F3N8. The first kappa shape index (κ1) is 21.4. The van der Waals surface area contributed by atoms with Gasteiger partial charge in [0.15, 0.2) is 0 Å². The van der Waals surface area contributed by atoms with Crippen LogP contribution in [0.25, 0.3) is 33.5 Å². The maximum absolute atomic E-state index is 13.1. The van der Waals surface area contributed by atoms with E-state index < -0.39 is 12.2 Å². The van der Waals surface area contributed by atoms with Crippen LogP contribution in [0.5, 0.6) is 0 Å². The molecule has 2 N–H and O–H groups in total. The van der Waals surface area contributed by atoms with Crippen LogP contribution in [-0.2, 0) is 6.54 Å². The number of H-pyrrole nitrogens is 1. The molecule has 172 valence electrons. The predicted molar refractivity (Wildman–Crippen MR) is 119 cm³/mol. The topological polar surface area (TPSA) is 87.5 Å². The van der Waals surface area contributed by atoms with Crippen LogP contribution in [0.2, 0.25) is 0 Å². The molecule has 1 fully saturated rings. The van der Waals surface area contributed by atoms with Crippen molar-refractivity contribution in [1.29, 1.82) is 0 Å². The Bertz CT molecular complexity index is 1260. The van der Waals surface area contributed by atoms with Gasteiger partial charge in [-0.3, -0.25) is 14.8 Å². The van der Waals surface area contributed by atoms with Gasteiger partial charge in [0.25, 0.3) is 0 Å². The molecule has 8 nitrogen and oxygen atoms in total. The van der Waals surface area contributed by atoms with Crippen LogP contribution in [-0.4, -0.2) is 61.8 Å². The lowest BCUT2D eigenvalue weighted by Gasteiger charge is -2.22. The summed E-state index contributed by atoms with van der Waals surface area (Å²) >= 11 is 0. The molecule has 0 aromatic carbocycles. The number of hydrogen-bond donors (Lipinski definition) is 2. The van der Waals surface area contributed by atoms with Gasteiger partial charge in [-0.1, -0.05) is 6.07 Å². The molecule has 0 amide bonds. The van der Waals surface area contributed by atoms with Crippen molar-refractivity contribution in [2.45, 2.75) is 32.1 Å². The van der Waals surface area contributed by atoms with Gasteiger partial charge >= 0.3 is 6.18 Å². The van der Waals surface area contributed by atoms with Crippen molar-refractivity contribution in [3.05, 3.63) is 42.9 Å². The Kier molecular flexibility index (Phi) is 5.49. The third-order valence-corrected chi connectivity index (χ3v) is 5.86. The number of hydrogen-bond acceptors (Lipinski definition) is 6. The predicted octanol–water partition coefficient (Wildman–Crippen LogP) is 3.63. The molecule has 4 aromatic heterocycles. The lowest BCUT2D eigenvalue weighted by molar-refractivity contribution is -0.155. The lowest BCUT2D eigenvalue weighted by atomic mass is 10.1. The number of nitrogens with one attached hydrogen (secondary N) is 2. The summed E-state index contributed by atoms with van der Waals surface area (Å²) in [6.45, 7) is 3.74. The van der Waals surface area contributed by atoms with Crippen LogP contribution in [0.15, 0.2) is 42.9 Å². The average molecular weight is 456 g/mol. The number of alkyl halides is 3. The molecule has 0 spiro atoms. The number of aryl methyl sites for hydroxylation is 1. The van der Waals surface area contributed by atoms with E-state index in [1.807, 2.05) is 47.0 Å². The minimum Gasteiger partial charge on any atom is -0.355 e.